The molecule has 9 heteroatoms. The molecular weight excluding hydrogens is 469 g/mol. The van der Waals surface area contributed by atoms with E-state index in [4.69, 9.17) is 10.5 Å². The van der Waals surface area contributed by atoms with Gasteiger partial charge in [0.25, 0.3) is 5.91 Å². The highest BCUT2D eigenvalue weighted by Gasteiger charge is 2.30. The lowest BCUT2D eigenvalue weighted by Crippen LogP contribution is -2.14. The summed E-state index contributed by atoms with van der Waals surface area (Å²) in [4.78, 5) is 21.5. The van der Waals surface area contributed by atoms with E-state index in [1.54, 1.807) is 36.4 Å². The molecule has 2 aromatic carbocycles. The third-order valence-corrected chi connectivity index (χ3v) is 5.37. The van der Waals surface area contributed by atoms with Crippen molar-refractivity contribution in [3.63, 3.8) is 0 Å². The van der Waals surface area contributed by atoms with Crippen LogP contribution < -0.4 is 15.8 Å². The molecule has 184 valence electrons. The normalized spacial score (nSPS) is 11.2. The summed E-state index contributed by atoms with van der Waals surface area (Å²) in [6.07, 6.45) is -2.40. The standard InChI is InChI=1S/C27H23F3N4O2/c1-17-5-11-22(18-6-8-19(9-7-18)27(28,29)30)23(15-17)26(35)34-21-10-12-25(32-16-21)36-14-13-20-3-2-4-24(31)33-20/h2-12,15-16H,13-14H2,1H3,(H2,31,33)(H,34,35). The molecule has 0 aliphatic carbocycles. The van der Waals surface area contributed by atoms with Crippen LogP contribution in [0.15, 0.2) is 79.0 Å². The van der Waals surface area contributed by atoms with Gasteiger partial charge < -0.3 is 15.8 Å². The first-order chi connectivity index (χ1) is 17.2. The number of nitrogens with zero attached hydrogens (tertiary/aromatic N) is 2. The average molecular weight is 493 g/mol. The fourth-order valence-corrected chi connectivity index (χ4v) is 3.57. The number of nitrogen functional groups attached to an aromatic ring is 1. The van der Waals surface area contributed by atoms with Crippen molar-refractivity contribution in [1.82, 2.24) is 9.97 Å². The maximum Gasteiger partial charge on any atom is 0.416 e. The first kappa shape index (κ1) is 24.7. The van der Waals surface area contributed by atoms with E-state index in [2.05, 4.69) is 15.3 Å². The Morgan fingerprint density at radius 2 is 1.81 bits per heavy atom. The van der Waals surface area contributed by atoms with Crippen LogP contribution in [-0.4, -0.2) is 22.5 Å². The molecule has 0 fully saturated rings. The van der Waals surface area contributed by atoms with Gasteiger partial charge in [0.2, 0.25) is 5.88 Å². The Bertz CT molecular complexity index is 1360. The van der Waals surface area contributed by atoms with Crippen molar-refractivity contribution in [1.29, 1.82) is 0 Å². The number of hydrogen-bond donors (Lipinski definition) is 2. The van der Waals surface area contributed by atoms with E-state index in [0.29, 0.717) is 47.1 Å². The van der Waals surface area contributed by atoms with Crippen molar-refractivity contribution < 1.29 is 22.7 Å². The maximum absolute atomic E-state index is 13.1. The third-order valence-electron chi connectivity index (χ3n) is 5.37. The van der Waals surface area contributed by atoms with E-state index in [9.17, 15) is 18.0 Å². The number of nitrogens with one attached hydrogen (secondary N) is 1. The van der Waals surface area contributed by atoms with Gasteiger partial charge in [-0.25, -0.2) is 9.97 Å². The number of amides is 1. The Balaban J connectivity index is 1.43. The van der Waals surface area contributed by atoms with E-state index >= 15 is 0 Å². The molecule has 4 rings (SSSR count). The van der Waals surface area contributed by atoms with Crippen molar-refractivity contribution in [2.75, 3.05) is 17.7 Å². The molecule has 1 amide bonds. The Hall–Kier alpha value is -4.40. The Labute approximate surface area is 206 Å². The SMILES string of the molecule is Cc1ccc(-c2ccc(C(F)(F)F)cc2)c(C(=O)Nc2ccc(OCCc3cccc(N)n3)nc2)c1. The van der Waals surface area contributed by atoms with Gasteiger partial charge in [-0.1, -0.05) is 35.9 Å². The number of carbonyl (C=O) groups is 1. The number of ether oxygens (including phenoxy) is 1. The van der Waals surface area contributed by atoms with E-state index < -0.39 is 17.6 Å². The van der Waals surface area contributed by atoms with Crippen LogP contribution in [0.4, 0.5) is 24.7 Å². The zero-order valence-corrected chi connectivity index (χ0v) is 19.3. The summed E-state index contributed by atoms with van der Waals surface area (Å²) < 4.78 is 44.4. The molecule has 2 heterocycles. The first-order valence-corrected chi connectivity index (χ1v) is 11.1. The van der Waals surface area contributed by atoms with Crippen molar-refractivity contribution in [2.24, 2.45) is 0 Å². The molecule has 6 nitrogen and oxygen atoms in total. The fourth-order valence-electron chi connectivity index (χ4n) is 3.57. The topological polar surface area (TPSA) is 90.1 Å². The number of hydrogen-bond acceptors (Lipinski definition) is 5. The number of aromatic nitrogens is 2. The number of halogens is 3. The van der Waals surface area contributed by atoms with Gasteiger partial charge in [-0.3, -0.25) is 4.79 Å². The van der Waals surface area contributed by atoms with Gasteiger partial charge in [0, 0.05) is 23.7 Å². The van der Waals surface area contributed by atoms with E-state index in [1.165, 1.54) is 18.3 Å². The molecule has 0 saturated carbocycles. The lowest BCUT2D eigenvalue weighted by molar-refractivity contribution is -0.137. The molecule has 4 aromatic rings. The smallest absolute Gasteiger partial charge is 0.416 e. The Morgan fingerprint density at radius 1 is 1.03 bits per heavy atom. The molecule has 0 radical (unpaired) electrons. The summed E-state index contributed by atoms with van der Waals surface area (Å²) in [5.41, 5.74) is 8.38. The van der Waals surface area contributed by atoms with E-state index in [1.807, 2.05) is 19.1 Å². The van der Waals surface area contributed by atoms with Crippen LogP contribution in [0.1, 0.15) is 27.2 Å². The molecule has 3 N–H and O–H groups in total. The van der Waals surface area contributed by atoms with Crippen LogP contribution in [0.2, 0.25) is 0 Å². The second-order valence-corrected chi connectivity index (χ2v) is 8.12. The number of anilines is 2. The summed E-state index contributed by atoms with van der Waals surface area (Å²) in [5, 5.41) is 2.79. The molecule has 36 heavy (non-hydrogen) atoms. The Morgan fingerprint density at radius 3 is 2.47 bits per heavy atom. The van der Waals surface area contributed by atoms with Crippen LogP contribution >= 0.6 is 0 Å². The Kier molecular flexibility index (Phi) is 7.19. The number of pyridine rings is 2. The van der Waals surface area contributed by atoms with Gasteiger partial charge in [-0.2, -0.15) is 13.2 Å². The fraction of sp³-hybridized carbons (Fsp3) is 0.148. The minimum Gasteiger partial charge on any atom is -0.477 e. The number of alkyl halides is 3. The summed E-state index contributed by atoms with van der Waals surface area (Å²) in [6, 6.07) is 18.6. The zero-order chi connectivity index (χ0) is 25.7. The lowest BCUT2D eigenvalue weighted by Gasteiger charge is -2.13. The quantitative estimate of drug-likeness (QED) is 0.334. The highest BCUT2D eigenvalue weighted by molar-refractivity contribution is 6.08. The van der Waals surface area contributed by atoms with Crippen LogP contribution in [-0.2, 0) is 12.6 Å². The van der Waals surface area contributed by atoms with Crippen molar-refractivity contribution in [3.8, 4) is 17.0 Å². The third kappa shape index (κ3) is 6.18. The summed E-state index contributed by atoms with van der Waals surface area (Å²) >= 11 is 0. The number of benzene rings is 2. The molecule has 0 unspecified atom stereocenters. The molecule has 0 aliphatic rings. The zero-order valence-electron chi connectivity index (χ0n) is 19.3. The van der Waals surface area contributed by atoms with Crippen LogP contribution in [0.3, 0.4) is 0 Å². The minimum absolute atomic E-state index is 0.338. The summed E-state index contributed by atoms with van der Waals surface area (Å²) in [7, 11) is 0. The van der Waals surface area contributed by atoms with Crippen molar-refractivity contribution >= 4 is 17.4 Å². The molecule has 0 spiro atoms. The molecule has 0 saturated heterocycles. The largest absolute Gasteiger partial charge is 0.477 e. The minimum atomic E-state index is -4.43. The van der Waals surface area contributed by atoms with Gasteiger partial charge in [-0.15, -0.1) is 0 Å². The predicted octanol–water partition coefficient (Wildman–Crippen LogP) is 5.93. The number of rotatable bonds is 7. The summed E-state index contributed by atoms with van der Waals surface area (Å²) in [6.45, 7) is 2.19. The maximum atomic E-state index is 13.1. The number of aryl methyl sites for hydroxylation is 1. The van der Waals surface area contributed by atoms with Gasteiger partial charge >= 0.3 is 6.18 Å². The monoisotopic (exact) mass is 492 g/mol. The summed E-state index contributed by atoms with van der Waals surface area (Å²) in [5.74, 6) is 0.426. The van der Waals surface area contributed by atoms with Gasteiger partial charge in [0.1, 0.15) is 5.82 Å². The number of nitrogens with two attached hydrogens (primary N) is 1. The first-order valence-electron chi connectivity index (χ1n) is 11.1. The van der Waals surface area contributed by atoms with E-state index in [-0.39, 0.29) is 0 Å². The van der Waals surface area contributed by atoms with Crippen LogP contribution in [0.5, 0.6) is 5.88 Å². The molecule has 0 atom stereocenters. The molecular formula is C27H23F3N4O2. The van der Waals surface area contributed by atoms with Crippen molar-refractivity contribution in [3.05, 3.63) is 101 Å². The highest BCUT2D eigenvalue weighted by atomic mass is 19.4. The van der Waals surface area contributed by atoms with Gasteiger partial charge in [0.05, 0.1) is 24.1 Å². The van der Waals surface area contributed by atoms with E-state index in [0.717, 1.165) is 23.4 Å². The predicted molar refractivity (Wildman–Crippen MR) is 132 cm³/mol. The second kappa shape index (κ2) is 10.5. The van der Waals surface area contributed by atoms with Gasteiger partial charge in [0.15, 0.2) is 0 Å². The lowest BCUT2D eigenvalue weighted by atomic mass is 9.96. The number of carbonyl (C=O) groups excluding carboxylic acids is 1. The molecule has 0 bridgehead atoms. The average Bonchev–Trinajstić information content (AvgIpc) is 2.85. The van der Waals surface area contributed by atoms with Crippen LogP contribution in [0.25, 0.3) is 11.1 Å². The van der Waals surface area contributed by atoms with Gasteiger partial charge in [-0.05, 0) is 54.4 Å². The second-order valence-electron chi connectivity index (χ2n) is 8.12. The van der Waals surface area contributed by atoms with Crippen molar-refractivity contribution in [2.45, 2.75) is 19.5 Å². The highest BCUT2D eigenvalue weighted by Crippen LogP contribution is 2.32. The molecule has 0 aliphatic heterocycles. The molecule has 2 aromatic heterocycles. The van der Waals surface area contributed by atoms with Crippen LogP contribution in [0, 0.1) is 6.92 Å².